The largest absolute Gasteiger partial charge is 0.381 e. The number of halogens is 2. The molecule has 3 nitrogen and oxygen atoms in total. The summed E-state index contributed by atoms with van der Waals surface area (Å²) in [6.45, 7) is 2.06. The van der Waals surface area contributed by atoms with Gasteiger partial charge in [-0.05, 0) is 46.8 Å². The van der Waals surface area contributed by atoms with E-state index in [1.165, 1.54) is 12.1 Å². The molecule has 0 saturated carbocycles. The minimum Gasteiger partial charge on any atom is -0.381 e. The van der Waals surface area contributed by atoms with Gasteiger partial charge in [-0.3, -0.25) is 4.79 Å². The van der Waals surface area contributed by atoms with Crippen LogP contribution in [0, 0.1) is 11.7 Å². The predicted octanol–water partition coefficient (Wildman–Crippen LogP) is 2.74. The van der Waals surface area contributed by atoms with Crippen molar-refractivity contribution >= 4 is 21.8 Å². The molecule has 2 rings (SSSR count). The minimum absolute atomic E-state index is 0.211. The molecule has 1 aromatic carbocycles. The Bertz CT molecular complexity index is 433. The van der Waals surface area contributed by atoms with Crippen molar-refractivity contribution in [2.45, 2.75) is 12.8 Å². The van der Waals surface area contributed by atoms with Crippen molar-refractivity contribution in [3.63, 3.8) is 0 Å². The number of benzene rings is 1. The average Bonchev–Trinajstić information content (AvgIpc) is 2.40. The van der Waals surface area contributed by atoms with E-state index in [4.69, 9.17) is 4.74 Å². The van der Waals surface area contributed by atoms with Crippen molar-refractivity contribution in [1.82, 2.24) is 5.32 Å². The molecule has 1 amide bonds. The topological polar surface area (TPSA) is 38.3 Å². The van der Waals surface area contributed by atoms with Gasteiger partial charge in [0.15, 0.2) is 0 Å². The SMILES string of the molecule is O=C(NCC1CCCOC1)c1cccc(F)c1Br. The van der Waals surface area contributed by atoms with Gasteiger partial charge in [-0.1, -0.05) is 6.07 Å². The summed E-state index contributed by atoms with van der Waals surface area (Å²) in [4.78, 5) is 11.9. The number of hydrogen-bond acceptors (Lipinski definition) is 2. The van der Waals surface area contributed by atoms with E-state index < -0.39 is 5.82 Å². The van der Waals surface area contributed by atoms with Crippen LogP contribution in [0.25, 0.3) is 0 Å². The van der Waals surface area contributed by atoms with Crippen LogP contribution in [0.4, 0.5) is 4.39 Å². The van der Waals surface area contributed by atoms with Crippen LogP contribution in [0.15, 0.2) is 22.7 Å². The highest BCUT2D eigenvalue weighted by atomic mass is 79.9. The number of ether oxygens (including phenoxy) is 1. The lowest BCUT2D eigenvalue weighted by Crippen LogP contribution is -2.33. The highest BCUT2D eigenvalue weighted by Gasteiger charge is 2.17. The first-order valence-corrected chi connectivity index (χ1v) is 6.77. The maximum absolute atomic E-state index is 13.3. The van der Waals surface area contributed by atoms with Gasteiger partial charge in [-0.15, -0.1) is 0 Å². The molecule has 1 N–H and O–H groups in total. The van der Waals surface area contributed by atoms with Gasteiger partial charge in [0.2, 0.25) is 0 Å². The molecule has 0 radical (unpaired) electrons. The molecule has 0 bridgehead atoms. The second-order valence-corrected chi connectivity index (χ2v) is 5.19. The van der Waals surface area contributed by atoms with Gasteiger partial charge in [0, 0.05) is 13.2 Å². The Labute approximate surface area is 114 Å². The highest BCUT2D eigenvalue weighted by molar-refractivity contribution is 9.10. The van der Waals surface area contributed by atoms with Crippen LogP contribution in [-0.4, -0.2) is 25.7 Å². The molecule has 1 unspecified atom stereocenters. The van der Waals surface area contributed by atoms with E-state index in [1.54, 1.807) is 6.07 Å². The van der Waals surface area contributed by atoms with Gasteiger partial charge in [0.25, 0.3) is 5.91 Å². The predicted molar refractivity (Wildman–Crippen MR) is 70.0 cm³/mol. The van der Waals surface area contributed by atoms with Crippen LogP contribution in [0.5, 0.6) is 0 Å². The van der Waals surface area contributed by atoms with Crippen LogP contribution in [-0.2, 0) is 4.74 Å². The molecular formula is C13H15BrFNO2. The third-order valence-corrected chi connectivity index (χ3v) is 3.81. The van der Waals surface area contributed by atoms with E-state index >= 15 is 0 Å². The third-order valence-electron chi connectivity index (χ3n) is 3.00. The molecule has 98 valence electrons. The lowest BCUT2D eigenvalue weighted by molar-refractivity contribution is 0.0536. The van der Waals surface area contributed by atoms with E-state index in [9.17, 15) is 9.18 Å². The Morgan fingerprint density at radius 3 is 3.11 bits per heavy atom. The second-order valence-electron chi connectivity index (χ2n) is 4.39. The third kappa shape index (κ3) is 3.29. The molecule has 1 saturated heterocycles. The lowest BCUT2D eigenvalue weighted by atomic mass is 10.0. The first-order chi connectivity index (χ1) is 8.68. The maximum atomic E-state index is 13.3. The Morgan fingerprint density at radius 2 is 2.39 bits per heavy atom. The van der Waals surface area contributed by atoms with Gasteiger partial charge in [0.1, 0.15) is 5.82 Å². The van der Waals surface area contributed by atoms with Crippen molar-refractivity contribution in [3.8, 4) is 0 Å². The van der Waals surface area contributed by atoms with Gasteiger partial charge < -0.3 is 10.1 Å². The molecule has 1 aliphatic rings. The summed E-state index contributed by atoms with van der Waals surface area (Å²) >= 11 is 3.09. The number of hydrogen-bond donors (Lipinski definition) is 1. The second kappa shape index (κ2) is 6.29. The van der Waals surface area contributed by atoms with Gasteiger partial charge in [0.05, 0.1) is 16.6 Å². The summed E-state index contributed by atoms with van der Waals surface area (Å²) in [5.41, 5.74) is 0.326. The highest BCUT2D eigenvalue weighted by Crippen LogP contribution is 2.20. The first-order valence-electron chi connectivity index (χ1n) is 5.98. The number of amides is 1. The van der Waals surface area contributed by atoms with Crippen LogP contribution < -0.4 is 5.32 Å². The Balaban J connectivity index is 1.93. The fourth-order valence-corrected chi connectivity index (χ4v) is 2.42. The summed E-state index contributed by atoms with van der Waals surface area (Å²) < 4.78 is 18.8. The monoisotopic (exact) mass is 315 g/mol. The van der Waals surface area contributed by atoms with Crippen LogP contribution in [0.2, 0.25) is 0 Å². The molecule has 1 aromatic rings. The molecular weight excluding hydrogens is 301 g/mol. The Hall–Kier alpha value is -0.940. The van der Waals surface area contributed by atoms with Crippen molar-refractivity contribution < 1.29 is 13.9 Å². The molecule has 0 aliphatic carbocycles. The summed E-state index contributed by atoms with van der Waals surface area (Å²) in [6, 6.07) is 4.44. The maximum Gasteiger partial charge on any atom is 0.252 e. The minimum atomic E-state index is -0.427. The molecule has 18 heavy (non-hydrogen) atoms. The first kappa shape index (κ1) is 13.5. The van der Waals surface area contributed by atoms with E-state index in [0.717, 1.165) is 19.4 Å². The van der Waals surface area contributed by atoms with Crippen molar-refractivity contribution in [3.05, 3.63) is 34.1 Å². The number of nitrogens with one attached hydrogen (secondary N) is 1. The zero-order chi connectivity index (χ0) is 13.0. The molecule has 0 aromatic heterocycles. The van der Waals surface area contributed by atoms with Crippen molar-refractivity contribution in [1.29, 1.82) is 0 Å². The van der Waals surface area contributed by atoms with Gasteiger partial charge in [-0.25, -0.2) is 4.39 Å². The van der Waals surface area contributed by atoms with Crippen LogP contribution in [0.1, 0.15) is 23.2 Å². The smallest absolute Gasteiger partial charge is 0.252 e. The van der Waals surface area contributed by atoms with E-state index in [-0.39, 0.29) is 10.4 Å². The Kier molecular flexibility index (Phi) is 4.72. The molecule has 5 heteroatoms. The normalized spacial score (nSPS) is 19.6. The number of carbonyl (C=O) groups excluding carboxylic acids is 1. The summed E-state index contributed by atoms with van der Waals surface area (Å²) in [5, 5.41) is 2.82. The molecule has 1 atom stereocenters. The summed E-state index contributed by atoms with van der Waals surface area (Å²) in [6.07, 6.45) is 2.09. The fourth-order valence-electron chi connectivity index (χ4n) is 1.98. The van der Waals surface area contributed by atoms with Gasteiger partial charge in [-0.2, -0.15) is 0 Å². The van der Waals surface area contributed by atoms with E-state index in [0.29, 0.717) is 24.6 Å². The van der Waals surface area contributed by atoms with E-state index in [2.05, 4.69) is 21.2 Å². The molecule has 1 aliphatic heterocycles. The summed E-state index contributed by atoms with van der Waals surface area (Å²) in [7, 11) is 0. The van der Waals surface area contributed by atoms with E-state index in [1.807, 2.05) is 0 Å². The molecule has 1 fully saturated rings. The quantitative estimate of drug-likeness (QED) is 0.931. The Morgan fingerprint density at radius 1 is 1.56 bits per heavy atom. The van der Waals surface area contributed by atoms with Crippen LogP contribution >= 0.6 is 15.9 Å². The van der Waals surface area contributed by atoms with Gasteiger partial charge >= 0.3 is 0 Å². The summed E-state index contributed by atoms with van der Waals surface area (Å²) in [5.74, 6) is -0.328. The number of carbonyl (C=O) groups is 1. The average molecular weight is 316 g/mol. The zero-order valence-electron chi connectivity index (χ0n) is 9.92. The van der Waals surface area contributed by atoms with Crippen molar-refractivity contribution in [2.24, 2.45) is 5.92 Å². The molecule has 0 spiro atoms. The van der Waals surface area contributed by atoms with Crippen LogP contribution in [0.3, 0.4) is 0 Å². The van der Waals surface area contributed by atoms with Crippen molar-refractivity contribution in [2.75, 3.05) is 19.8 Å². The standard InChI is InChI=1S/C13H15BrFNO2/c14-12-10(4-1-5-11(12)15)13(17)16-7-9-3-2-6-18-8-9/h1,4-5,9H,2-3,6-8H2,(H,16,17). The number of rotatable bonds is 3. The zero-order valence-corrected chi connectivity index (χ0v) is 11.5. The lowest BCUT2D eigenvalue weighted by Gasteiger charge is -2.22. The fraction of sp³-hybridized carbons (Fsp3) is 0.462. The molecule has 1 heterocycles.